The van der Waals surface area contributed by atoms with Crippen molar-refractivity contribution in [3.8, 4) is 6.07 Å². The molecule has 1 nitrogen and oxygen atoms in total. The Labute approximate surface area is 70.5 Å². The smallest absolute Gasteiger partial charge is 0.0992 e. The number of nitriles is 1. The maximum atomic E-state index is 8.44. The van der Waals surface area contributed by atoms with Gasteiger partial charge in [-0.2, -0.15) is 5.26 Å². The first-order valence-corrected chi connectivity index (χ1v) is 3.55. The first-order chi connectivity index (χ1) is 4.74. The molecule has 0 aromatic heterocycles. The predicted octanol–water partition coefficient (Wildman–Crippen LogP) is 2.14. The predicted molar refractivity (Wildman–Crippen MR) is 45.7 cm³/mol. The maximum Gasteiger partial charge on any atom is 0.0992 e. The Morgan fingerprint density at radius 3 is 2.40 bits per heavy atom. The van der Waals surface area contributed by atoms with Crippen LogP contribution < -0.4 is 0 Å². The van der Waals surface area contributed by atoms with Gasteiger partial charge in [-0.15, -0.1) is 25.3 Å². The van der Waals surface area contributed by atoms with Crippen LogP contribution in [0.3, 0.4) is 0 Å². The summed E-state index contributed by atoms with van der Waals surface area (Å²) in [6, 6.07) is 7.16. The highest BCUT2D eigenvalue weighted by atomic mass is 32.1. The number of hydrogen-bond donors (Lipinski definition) is 2. The third kappa shape index (κ3) is 1.47. The van der Waals surface area contributed by atoms with Crippen LogP contribution in [0.1, 0.15) is 5.56 Å². The Balaban J connectivity index is 3.20. The quantitative estimate of drug-likeness (QED) is 0.568. The van der Waals surface area contributed by atoms with E-state index in [0.29, 0.717) is 5.56 Å². The Kier molecular flexibility index (Phi) is 2.25. The van der Waals surface area contributed by atoms with Crippen LogP contribution in [0.2, 0.25) is 0 Å². The molecule has 0 saturated heterocycles. The first-order valence-electron chi connectivity index (χ1n) is 2.66. The maximum absolute atomic E-state index is 8.44. The second-order valence-electron chi connectivity index (χ2n) is 1.82. The largest absolute Gasteiger partial charge is 0.192 e. The zero-order valence-corrected chi connectivity index (χ0v) is 6.86. The van der Waals surface area contributed by atoms with Crippen LogP contribution in [0.4, 0.5) is 0 Å². The van der Waals surface area contributed by atoms with Crippen LogP contribution in [-0.4, -0.2) is 0 Å². The third-order valence-corrected chi connectivity index (χ3v) is 2.04. The zero-order valence-electron chi connectivity index (χ0n) is 5.07. The molecule has 0 unspecified atom stereocenters. The van der Waals surface area contributed by atoms with Crippen molar-refractivity contribution in [2.24, 2.45) is 0 Å². The van der Waals surface area contributed by atoms with E-state index >= 15 is 0 Å². The van der Waals surface area contributed by atoms with E-state index in [1.54, 1.807) is 18.2 Å². The lowest BCUT2D eigenvalue weighted by Gasteiger charge is -1.95. The lowest BCUT2D eigenvalue weighted by molar-refractivity contribution is 1.25. The summed E-state index contributed by atoms with van der Waals surface area (Å²) in [5.74, 6) is 0. The van der Waals surface area contributed by atoms with Crippen LogP contribution in [0.25, 0.3) is 0 Å². The fourth-order valence-corrected chi connectivity index (χ4v) is 0.946. The topological polar surface area (TPSA) is 23.8 Å². The molecule has 0 bridgehead atoms. The summed E-state index contributed by atoms with van der Waals surface area (Å²) in [5.41, 5.74) is 0.614. The standard InChI is InChI=1S/C7H5NS2/c8-4-5-1-2-6(9)7(10)3-5/h1-3,9-10H. The number of hydrogen-bond acceptors (Lipinski definition) is 3. The van der Waals surface area contributed by atoms with E-state index in [1.165, 1.54) is 0 Å². The molecular formula is C7H5NS2. The molecule has 0 spiro atoms. The van der Waals surface area contributed by atoms with Crippen molar-refractivity contribution < 1.29 is 0 Å². The average molecular weight is 167 g/mol. The minimum Gasteiger partial charge on any atom is -0.192 e. The van der Waals surface area contributed by atoms with E-state index < -0.39 is 0 Å². The Hall–Kier alpha value is -0.590. The van der Waals surface area contributed by atoms with Gasteiger partial charge < -0.3 is 0 Å². The molecule has 0 aliphatic heterocycles. The van der Waals surface area contributed by atoms with E-state index in [9.17, 15) is 0 Å². The van der Waals surface area contributed by atoms with E-state index in [2.05, 4.69) is 25.3 Å². The average Bonchev–Trinajstić information content (AvgIpc) is 1.95. The molecule has 0 aliphatic rings. The molecular weight excluding hydrogens is 162 g/mol. The van der Waals surface area contributed by atoms with Crippen molar-refractivity contribution in [1.82, 2.24) is 0 Å². The van der Waals surface area contributed by atoms with Gasteiger partial charge in [-0.3, -0.25) is 0 Å². The normalized spacial score (nSPS) is 8.90. The van der Waals surface area contributed by atoms with E-state index in [0.717, 1.165) is 9.79 Å². The highest BCUT2D eigenvalue weighted by Crippen LogP contribution is 2.18. The van der Waals surface area contributed by atoms with Crippen molar-refractivity contribution in [1.29, 1.82) is 5.26 Å². The molecule has 0 atom stereocenters. The fraction of sp³-hybridized carbons (Fsp3) is 0. The Bertz CT molecular complexity index is 288. The van der Waals surface area contributed by atoms with E-state index in [4.69, 9.17) is 5.26 Å². The zero-order chi connectivity index (χ0) is 7.56. The molecule has 0 N–H and O–H groups in total. The van der Waals surface area contributed by atoms with Gasteiger partial charge >= 0.3 is 0 Å². The van der Waals surface area contributed by atoms with Gasteiger partial charge in [-0.25, -0.2) is 0 Å². The molecule has 1 aromatic rings. The molecule has 0 radical (unpaired) electrons. The lowest BCUT2D eigenvalue weighted by Crippen LogP contribution is -1.74. The van der Waals surface area contributed by atoms with Gasteiger partial charge in [0.15, 0.2) is 0 Å². The Morgan fingerprint density at radius 2 is 1.90 bits per heavy atom. The number of nitrogens with zero attached hydrogens (tertiary/aromatic N) is 1. The minimum atomic E-state index is 0.614. The molecule has 0 amide bonds. The molecule has 50 valence electrons. The minimum absolute atomic E-state index is 0.614. The molecule has 3 heteroatoms. The highest BCUT2D eigenvalue weighted by Gasteiger charge is 1.94. The summed E-state index contributed by atoms with van der Waals surface area (Å²) in [7, 11) is 0. The number of thiol groups is 2. The van der Waals surface area contributed by atoms with Gasteiger partial charge in [0.2, 0.25) is 0 Å². The van der Waals surface area contributed by atoms with Crippen molar-refractivity contribution in [3.63, 3.8) is 0 Å². The molecule has 0 aliphatic carbocycles. The summed E-state index contributed by atoms with van der Waals surface area (Å²) in [5, 5.41) is 8.44. The van der Waals surface area contributed by atoms with Crippen molar-refractivity contribution >= 4 is 25.3 Å². The van der Waals surface area contributed by atoms with Crippen LogP contribution in [-0.2, 0) is 0 Å². The van der Waals surface area contributed by atoms with Gasteiger partial charge in [0.25, 0.3) is 0 Å². The number of rotatable bonds is 0. The summed E-state index contributed by atoms with van der Waals surface area (Å²) in [6.07, 6.45) is 0. The molecule has 1 aromatic carbocycles. The van der Waals surface area contributed by atoms with Crippen molar-refractivity contribution in [2.45, 2.75) is 9.79 Å². The SMILES string of the molecule is N#Cc1ccc(S)c(S)c1. The first kappa shape index (κ1) is 7.52. The van der Waals surface area contributed by atoms with Gasteiger partial charge in [-0.05, 0) is 18.2 Å². The van der Waals surface area contributed by atoms with Gasteiger partial charge in [-0.1, -0.05) is 0 Å². The van der Waals surface area contributed by atoms with Crippen molar-refractivity contribution in [2.75, 3.05) is 0 Å². The van der Waals surface area contributed by atoms with Crippen LogP contribution in [0.15, 0.2) is 28.0 Å². The monoisotopic (exact) mass is 167 g/mol. The molecule has 0 fully saturated rings. The second-order valence-corrected chi connectivity index (χ2v) is 2.78. The summed E-state index contributed by atoms with van der Waals surface area (Å²) < 4.78 is 0. The van der Waals surface area contributed by atoms with E-state index in [1.807, 2.05) is 6.07 Å². The fourth-order valence-electron chi connectivity index (χ4n) is 0.593. The van der Waals surface area contributed by atoms with Gasteiger partial charge in [0, 0.05) is 9.79 Å². The Morgan fingerprint density at radius 1 is 1.20 bits per heavy atom. The lowest BCUT2D eigenvalue weighted by atomic mass is 10.2. The van der Waals surface area contributed by atoms with Gasteiger partial charge in [0.05, 0.1) is 11.6 Å². The van der Waals surface area contributed by atoms with Crippen LogP contribution in [0, 0.1) is 11.3 Å². The van der Waals surface area contributed by atoms with Gasteiger partial charge in [0.1, 0.15) is 0 Å². The summed E-state index contributed by atoms with van der Waals surface area (Å²) in [4.78, 5) is 1.53. The van der Waals surface area contributed by atoms with Crippen molar-refractivity contribution in [3.05, 3.63) is 23.8 Å². The second kappa shape index (κ2) is 3.00. The highest BCUT2D eigenvalue weighted by molar-refractivity contribution is 7.83. The third-order valence-electron chi connectivity index (χ3n) is 1.10. The van der Waals surface area contributed by atoms with Crippen LogP contribution >= 0.6 is 25.3 Å². The summed E-state index contributed by atoms with van der Waals surface area (Å²) in [6.45, 7) is 0. The molecule has 10 heavy (non-hydrogen) atoms. The molecule has 0 saturated carbocycles. The summed E-state index contributed by atoms with van der Waals surface area (Å²) >= 11 is 8.19. The van der Waals surface area contributed by atoms with E-state index in [-0.39, 0.29) is 0 Å². The molecule has 0 heterocycles. The van der Waals surface area contributed by atoms with Crippen LogP contribution in [0.5, 0.6) is 0 Å². The number of benzene rings is 1. The molecule has 1 rings (SSSR count).